The van der Waals surface area contributed by atoms with Crippen molar-refractivity contribution >= 4 is 0 Å². The Morgan fingerprint density at radius 3 is 2.63 bits per heavy atom. The lowest BCUT2D eigenvalue weighted by Crippen LogP contribution is -2.25. The summed E-state index contributed by atoms with van der Waals surface area (Å²) in [6, 6.07) is 1.46. The fourth-order valence-corrected chi connectivity index (χ4v) is 2.67. The number of likely N-dealkylation sites (tertiary alicyclic amines) is 1. The fourth-order valence-electron chi connectivity index (χ4n) is 2.67. The van der Waals surface area contributed by atoms with Crippen molar-refractivity contribution in [2.75, 3.05) is 19.7 Å². The molecule has 1 aromatic rings. The Balaban J connectivity index is 2.33. The van der Waals surface area contributed by atoms with Crippen LogP contribution in [0.25, 0.3) is 0 Å². The number of aromatic hydroxyl groups is 1. The summed E-state index contributed by atoms with van der Waals surface area (Å²) in [5.41, 5.74) is 1.21. The number of aryl methyl sites for hydroxylation is 1. The third-order valence-corrected chi connectivity index (χ3v) is 3.71. The molecule has 1 aliphatic heterocycles. The molecule has 1 fully saturated rings. The molecule has 0 spiro atoms. The summed E-state index contributed by atoms with van der Waals surface area (Å²) in [7, 11) is 0. The number of nitrogens with zero attached hydrogens (tertiary/aromatic N) is 2. The lowest BCUT2D eigenvalue weighted by Gasteiger charge is -2.22. The van der Waals surface area contributed by atoms with Crippen LogP contribution < -0.4 is 5.43 Å². The highest BCUT2D eigenvalue weighted by atomic mass is 16.3. The molecular weight excluding hydrogens is 244 g/mol. The van der Waals surface area contributed by atoms with Crippen molar-refractivity contribution < 1.29 is 10.2 Å². The molecule has 0 aromatic carbocycles. The Kier molecular flexibility index (Phi) is 4.61. The predicted molar refractivity (Wildman–Crippen MR) is 73.3 cm³/mol. The van der Waals surface area contributed by atoms with Gasteiger partial charge in [-0.3, -0.25) is 9.69 Å². The molecule has 106 valence electrons. The molecule has 0 atom stereocenters. The molecule has 19 heavy (non-hydrogen) atoms. The number of hydrogen-bond acceptors (Lipinski definition) is 4. The third-order valence-electron chi connectivity index (χ3n) is 3.71. The van der Waals surface area contributed by atoms with Gasteiger partial charge in [-0.1, -0.05) is 0 Å². The summed E-state index contributed by atoms with van der Waals surface area (Å²) >= 11 is 0. The van der Waals surface area contributed by atoms with Crippen LogP contribution in [-0.4, -0.2) is 39.4 Å². The van der Waals surface area contributed by atoms with Crippen molar-refractivity contribution in [2.24, 2.45) is 0 Å². The Bertz CT molecular complexity index is 490. The molecule has 0 aliphatic carbocycles. The van der Waals surface area contributed by atoms with E-state index >= 15 is 0 Å². The van der Waals surface area contributed by atoms with Crippen LogP contribution in [0.4, 0.5) is 0 Å². The monoisotopic (exact) mass is 266 g/mol. The minimum Gasteiger partial charge on any atom is -0.503 e. The quantitative estimate of drug-likeness (QED) is 0.829. The molecule has 0 radical (unpaired) electrons. The first-order valence-corrected chi connectivity index (χ1v) is 6.89. The van der Waals surface area contributed by atoms with Gasteiger partial charge in [0.25, 0.3) is 0 Å². The van der Waals surface area contributed by atoms with Gasteiger partial charge in [0.1, 0.15) is 0 Å². The van der Waals surface area contributed by atoms with E-state index in [9.17, 15) is 9.90 Å². The highest BCUT2D eigenvalue weighted by molar-refractivity contribution is 5.29. The highest BCUT2D eigenvalue weighted by Crippen LogP contribution is 2.20. The van der Waals surface area contributed by atoms with E-state index < -0.39 is 0 Å². The molecule has 2 rings (SSSR count). The average Bonchev–Trinajstić information content (AvgIpc) is 2.88. The molecule has 0 bridgehead atoms. The van der Waals surface area contributed by atoms with Crippen LogP contribution in [0, 0.1) is 6.92 Å². The van der Waals surface area contributed by atoms with Crippen LogP contribution in [0.2, 0.25) is 0 Å². The lowest BCUT2D eigenvalue weighted by atomic mass is 10.2. The number of pyridine rings is 1. The van der Waals surface area contributed by atoms with E-state index in [1.165, 1.54) is 18.9 Å². The van der Waals surface area contributed by atoms with E-state index in [-0.39, 0.29) is 17.8 Å². The Hall–Kier alpha value is -1.33. The van der Waals surface area contributed by atoms with Crippen LogP contribution in [0.1, 0.15) is 30.7 Å². The van der Waals surface area contributed by atoms with Gasteiger partial charge >= 0.3 is 0 Å². The first-order valence-electron chi connectivity index (χ1n) is 6.89. The molecule has 1 aromatic heterocycles. The van der Waals surface area contributed by atoms with Crippen molar-refractivity contribution in [1.82, 2.24) is 9.47 Å². The van der Waals surface area contributed by atoms with Crippen LogP contribution >= 0.6 is 0 Å². The van der Waals surface area contributed by atoms with Gasteiger partial charge in [0.05, 0.1) is 5.69 Å². The molecular formula is C14H22N2O3. The van der Waals surface area contributed by atoms with Crippen LogP contribution in [0.5, 0.6) is 5.75 Å². The summed E-state index contributed by atoms with van der Waals surface area (Å²) < 4.78 is 1.95. The Morgan fingerprint density at radius 2 is 2.00 bits per heavy atom. The van der Waals surface area contributed by atoms with E-state index in [4.69, 9.17) is 5.11 Å². The number of aromatic nitrogens is 1. The van der Waals surface area contributed by atoms with Crippen molar-refractivity contribution in [3.05, 3.63) is 27.7 Å². The standard InChI is InChI=1S/C14H22N2O3/c1-11-9-13(18)14(19)12(16(11)7-4-8-17)10-15-5-2-3-6-15/h9,17,19H,2-8,10H2,1H3. The van der Waals surface area contributed by atoms with E-state index in [0.717, 1.165) is 18.8 Å². The third kappa shape index (κ3) is 3.16. The van der Waals surface area contributed by atoms with Gasteiger partial charge in [-0.15, -0.1) is 0 Å². The topological polar surface area (TPSA) is 65.7 Å². The second-order valence-corrected chi connectivity index (χ2v) is 5.16. The first kappa shape index (κ1) is 14.1. The maximum absolute atomic E-state index is 11.7. The molecule has 5 heteroatoms. The SMILES string of the molecule is Cc1cc(=O)c(O)c(CN2CCCC2)n1CCCO. The minimum absolute atomic E-state index is 0.107. The summed E-state index contributed by atoms with van der Waals surface area (Å²) in [5, 5.41) is 19.0. The number of rotatable bonds is 5. The van der Waals surface area contributed by atoms with Crippen molar-refractivity contribution in [2.45, 2.75) is 39.3 Å². The summed E-state index contributed by atoms with van der Waals surface area (Å²) in [6.45, 7) is 5.23. The fraction of sp³-hybridized carbons (Fsp3) is 0.643. The lowest BCUT2D eigenvalue weighted by molar-refractivity contribution is 0.272. The Morgan fingerprint density at radius 1 is 1.32 bits per heavy atom. The van der Waals surface area contributed by atoms with Crippen molar-refractivity contribution in [3.8, 4) is 5.75 Å². The highest BCUT2D eigenvalue weighted by Gasteiger charge is 2.18. The van der Waals surface area contributed by atoms with E-state index in [1.54, 1.807) is 0 Å². The molecule has 1 saturated heterocycles. The zero-order valence-electron chi connectivity index (χ0n) is 11.4. The van der Waals surface area contributed by atoms with Crippen molar-refractivity contribution in [3.63, 3.8) is 0 Å². The zero-order valence-corrected chi connectivity index (χ0v) is 11.4. The number of hydrogen-bond donors (Lipinski definition) is 2. The predicted octanol–water partition coefficient (Wildman–Crippen LogP) is 0.841. The minimum atomic E-state index is -0.313. The smallest absolute Gasteiger partial charge is 0.223 e. The summed E-state index contributed by atoms with van der Waals surface area (Å²) in [6.07, 6.45) is 2.97. The molecule has 0 unspecified atom stereocenters. The number of aliphatic hydroxyl groups excluding tert-OH is 1. The first-order chi connectivity index (χ1) is 9.13. The van der Waals surface area contributed by atoms with Crippen molar-refractivity contribution in [1.29, 1.82) is 0 Å². The van der Waals surface area contributed by atoms with Gasteiger partial charge < -0.3 is 14.8 Å². The maximum Gasteiger partial charge on any atom is 0.223 e. The molecule has 2 N–H and O–H groups in total. The van der Waals surface area contributed by atoms with Gasteiger partial charge in [0.15, 0.2) is 5.75 Å². The number of aliphatic hydroxyl groups is 1. The van der Waals surface area contributed by atoms with Gasteiger partial charge in [0.2, 0.25) is 5.43 Å². The summed E-state index contributed by atoms with van der Waals surface area (Å²) in [4.78, 5) is 14.0. The van der Waals surface area contributed by atoms with Crippen LogP contribution in [0.15, 0.2) is 10.9 Å². The molecule has 2 heterocycles. The second-order valence-electron chi connectivity index (χ2n) is 5.16. The zero-order chi connectivity index (χ0) is 13.8. The van der Waals surface area contributed by atoms with Gasteiger partial charge in [-0.05, 0) is 39.3 Å². The van der Waals surface area contributed by atoms with E-state index in [1.807, 2.05) is 11.5 Å². The van der Waals surface area contributed by atoms with Gasteiger partial charge in [-0.2, -0.15) is 0 Å². The molecule has 5 nitrogen and oxygen atoms in total. The van der Waals surface area contributed by atoms with Gasteiger partial charge in [-0.25, -0.2) is 0 Å². The van der Waals surface area contributed by atoms with Crippen LogP contribution in [-0.2, 0) is 13.1 Å². The normalized spacial score (nSPS) is 16.1. The molecule has 0 amide bonds. The van der Waals surface area contributed by atoms with Gasteiger partial charge in [0, 0.05) is 31.5 Å². The molecule has 1 aliphatic rings. The average molecular weight is 266 g/mol. The largest absolute Gasteiger partial charge is 0.503 e. The molecule has 0 saturated carbocycles. The van der Waals surface area contributed by atoms with Crippen LogP contribution in [0.3, 0.4) is 0 Å². The maximum atomic E-state index is 11.7. The Labute approximate surface area is 113 Å². The van der Waals surface area contributed by atoms with E-state index in [0.29, 0.717) is 25.2 Å². The summed E-state index contributed by atoms with van der Waals surface area (Å²) in [5.74, 6) is -0.143. The second kappa shape index (κ2) is 6.21. The van der Waals surface area contributed by atoms with E-state index in [2.05, 4.69) is 4.90 Å².